The largest absolute Gasteiger partial charge is 0.463 e. The molecule has 0 bridgehead atoms. The smallest absolute Gasteiger partial charge is 0.302 e. The summed E-state index contributed by atoms with van der Waals surface area (Å²) in [5.41, 5.74) is 0. The molecular weight excluding hydrogens is 422 g/mol. The third-order valence-electron chi connectivity index (χ3n) is 1.53. The molecule has 94 valence electrons. The first-order valence-electron chi connectivity index (χ1n) is 4.93. The zero-order valence-corrected chi connectivity index (χ0v) is 14.4. The highest BCUT2D eigenvalue weighted by Crippen LogP contribution is 1.94. The maximum atomic E-state index is 10.2. The molecule has 0 radical (unpaired) electrons. The van der Waals surface area contributed by atoms with E-state index in [9.17, 15) is 4.79 Å². The molecule has 15 heavy (non-hydrogen) atoms. The van der Waals surface area contributed by atoms with Crippen LogP contribution in [-0.4, -0.2) is 23.3 Å². The van der Waals surface area contributed by atoms with Crippen LogP contribution in [0.5, 0.6) is 0 Å². The average Bonchev–Trinajstić information content (AvgIpc) is 2.20. The first-order valence-corrected chi connectivity index (χ1v) is 11.2. The third-order valence-corrected chi connectivity index (χ3v) is 1.53. The van der Waals surface area contributed by atoms with Crippen LogP contribution in [0, 0.1) is 0 Å². The molecule has 0 rings (SSSR count). The molecule has 0 saturated carbocycles. The van der Waals surface area contributed by atoms with Gasteiger partial charge in [0.05, 0.1) is 12.2 Å². The third kappa shape index (κ3) is 31.3. The van der Waals surface area contributed by atoms with E-state index in [1.54, 1.807) is 6.92 Å². The summed E-state index contributed by atoms with van der Waals surface area (Å²) >= 11 is 4.24. The van der Waals surface area contributed by atoms with Gasteiger partial charge in [-0.15, -0.1) is 0 Å². The van der Waals surface area contributed by atoms with Crippen molar-refractivity contribution in [2.24, 2.45) is 0 Å². The van der Waals surface area contributed by atoms with Gasteiger partial charge in [0.1, 0.15) is 0 Å². The van der Waals surface area contributed by atoms with Crippen LogP contribution in [0.25, 0.3) is 0 Å². The fourth-order valence-electron chi connectivity index (χ4n) is 0.367. The number of ether oxygens (including phenoxy) is 1. The number of halogens is 2. The molecule has 0 aromatic carbocycles. The van der Waals surface area contributed by atoms with Gasteiger partial charge in [0.2, 0.25) is 0 Å². The summed E-state index contributed by atoms with van der Waals surface area (Å²) in [4.78, 5) is 10.2. The van der Waals surface area contributed by atoms with E-state index in [0.29, 0.717) is 0 Å². The van der Waals surface area contributed by atoms with E-state index in [4.69, 9.17) is 9.84 Å². The molecule has 0 saturated heterocycles. The van der Waals surface area contributed by atoms with Crippen LogP contribution in [0.4, 0.5) is 0 Å². The van der Waals surface area contributed by atoms with Crippen molar-refractivity contribution in [2.75, 3.05) is 0 Å². The Morgan fingerprint density at radius 1 is 1.27 bits per heavy atom. The van der Waals surface area contributed by atoms with Gasteiger partial charge in [-0.3, -0.25) is 4.79 Å². The zero-order valence-electron chi connectivity index (χ0n) is 10.1. The van der Waals surface area contributed by atoms with Gasteiger partial charge in [-0.1, -0.05) is 13.8 Å². The summed E-state index contributed by atoms with van der Waals surface area (Å²) in [6.07, 6.45) is 1.71. The molecule has 0 fully saturated rings. The number of aliphatic hydroxyl groups is 1. The molecule has 0 aromatic heterocycles. The molecule has 0 aromatic rings. The average molecular weight is 444 g/mol. The molecule has 3 nitrogen and oxygen atoms in total. The number of esters is 1. The van der Waals surface area contributed by atoms with E-state index in [1.165, 1.54) is 6.92 Å². The Hall–Kier alpha value is 0.890. The number of hydrogen-bond acceptors (Lipinski definition) is 3. The van der Waals surface area contributed by atoms with E-state index < -0.39 is 0 Å². The van der Waals surface area contributed by atoms with Crippen molar-refractivity contribution in [3.63, 3.8) is 0 Å². The van der Waals surface area contributed by atoms with Crippen molar-refractivity contribution in [3.05, 3.63) is 0 Å². The van der Waals surface area contributed by atoms with Crippen molar-refractivity contribution in [2.45, 2.75) is 59.7 Å². The summed E-state index contributed by atoms with van der Waals surface area (Å²) in [5.74, 6) is -0.195. The van der Waals surface area contributed by atoms with Crippen molar-refractivity contribution in [3.8, 4) is 0 Å². The predicted molar refractivity (Wildman–Crippen MR) is 81.5 cm³/mol. The number of hydrogen-bond donors (Lipinski definition) is 1. The van der Waals surface area contributed by atoms with Crippen molar-refractivity contribution < 1.29 is 14.6 Å². The Morgan fingerprint density at radius 3 is 1.67 bits per heavy atom. The number of carbonyl (C=O) groups excluding carboxylic acids is 1. The fraction of sp³-hybridized carbons (Fsp3) is 0.900. The summed E-state index contributed by atoms with van der Waals surface area (Å²) < 4.78 is 4.76. The first-order chi connectivity index (χ1) is 6.93. The molecule has 5 heteroatoms. The van der Waals surface area contributed by atoms with Crippen LogP contribution in [-0.2, 0) is 9.53 Å². The molecule has 0 aliphatic heterocycles. The highest BCUT2D eigenvalue weighted by molar-refractivity contribution is 15.0. The molecule has 0 amide bonds. The van der Waals surface area contributed by atoms with E-state index >= 15 is 0 Å². The van der Waals surface area contributed by atoms with Crippen molar-refractivity contribution >= 4 is 43.2 Å². The lowest BCUT2D eigenvalue weighted by Gasteiger charge is -2.06. The van der Waals surface area contributed by atoms with Crippen LogP contribution in [0.3, 0.4) is 0 Å². The standard InChI is InChI=1S/C6H12O2.C4H10O.I2/c1-4-5(2)8-6(3)7;1-3-4(2)5;1-2/h5H,4H2,1-3H3;4-5H,3H2,1-2H3;. The van der Waals surface area contributed by atoms with Gasteiger partial charge in [0.15, 0.2) is 0 Å². The van der Waals surface area contributed by atoms with E-state index in [-0.39, 0.29) is 18.2 Å². The lowest BCUT2D eigenvalue weighted by molar-refractivity contribution is -0.145. The van der Waals surface area contributed by atoms with Crippen LogP contribution in [0.15, 0.2) is 0 Å². The fourth-order valence-corrected chi connectivity index (χ4v) is 0.367. The van der Waals surface area contributed by atoms with Gasteiger partial charge in [-0.2, -0.15) is 0 Å². The predicted octanol–water partition coefficient (Wildman–Crippen LogP) is 3.90. The Morgan fingerprint density at radius 2 is 1.60 bits per heavy atom. The van der Waals surface area contributed by atoms with Gasteiger partial charge in [0, 0.05) is 44.2 Å². The summed E-state index contributed by atoms with van der Waals surface area (Å²) in [6.45, 7) is 9.01. The lowest BCUT2D eigenvalue weighted by atomic mass is 10.3. The zero-order chi connectivity index (χ0) is 12.9. The van der Waals surface area contributed by atoms with Crippen LogP contribution >= 0.6 is 37.2 Å². The first kappa shape index (κ1) is 21.2. The highest BCUT2D eigenvalue weighted by Gasteiger charge is 1.99. The maximum absolute atomic E-state index is 10.2. The van der Waals surface area contributed by atoms with Gasteiger partial charge in [-0.25, -0.2) is 0 Å². The van der Waals surface area contributed by atoms with Crippen LogP contribution in [0.2, 0.25) is 0 Å². The van der Waals surface area contributed by atoms with Gasteiger partial charge < -0.3 is 9.84 Å². The second kappa shape index (κ2) is 17.3. The Balaban J connectivity index is -0.000000177. The molecule has 0 spiro atoms. The Bertz CT molecular complexity index is 130. The topological polar surface area (TPSA) is 46.5 Å². The van der Waals surface area contributed by atoms with Crippen molar-refractivity contribution in [1.29, 1.82) is 0 Å². The summed E-state index contributed by atoms with van der Waals surface area (Å²) in [7, 11) is 0. The minimum absolute atomic E-state index is 0.0764. The summed E-state index contributed by atoms with van der Waals surface area (Å²) in [5, 5.41) is 8.36. The van der Waals surface area contributed by atoms with Crippen molar-refractivity contribution in [1.82, 2.24) is 0 Å². The normalized spacial score (nSPS) is 12.3. The number of aliphatic hydroxyl groups excluding tert-OH is 1. The Kier molecular flexibility index (Phi) is 24.4. The monoisotopic (exact) mass is 444 g/mol. The van der Waals surface area contributed by atoms with Gasteiger partial charge >= 0.3 is 5.97 Å². The summed E-state index contributed by atoms with van der Waals surface area (Å²) in [6, 6.07) is 0. The quantitative estimate of drug-likeness (QED) is 0.531. The van der Waals surface area contributed by atoms with E-state index in [2.05, 4.69) is 37.2 Å². The maximum Gasteiger partial charge on any atom is 0.302 e. The van der Waals surface area contributed by atoms with Crippen LogP contribution < -0.4 is 0 Å². The molecule has 1 N–H and O–H groups in total. The molecule has 2 unspecified atom stereocenters. The Labute approximate surface area is 117 Å². The van der Waals surface area contributed by atoms with Crippen LogP contribution in [0.1, 0.15) is 47.5 Å². The molecule has 0 aliphatic carbocycles. The minimum atomic E-state index is -0.195. The van der Waals surface area contributed by atoms with E-state index in [1.807, 2.05) is 20.8 Å². The minimum Gasteiger partial charge on any atom is -0.463 e. The molecular formula is C10H22I2O3. The molecule has 0 heterocycles. The highest BCUT2D eigenvalue weighted by atomic mass is 128. The molecule has 2 atom stereocenters. The molecule has 0 aliphatic rings. The van der Waals surface area contributed by atoms with E-state index in [0.717, 1.165) is 12.8 Å². The SMILES string of the molecule is CCC(C)O.CCC(C)OC(C)=O.II. The second-order valence-corrected chi connectivity index (χ2v) is 3.09. The number of rotatable bonds is 3. The number of carbonyl (C=O) groups is 1. The van der Waals surface area contributed by atoms with Gasteiger partial charge in [-0.05, 0) is 26.7 Å². The second-order valence-electron chi connectivity index (χ2n) is 3.09. The van der Waals surface area contributed by atoms with Gasteiger partial charge in [0.25, 0.3) is 0 Å². The lowest BCUT2D eigenvalue weighted by Crippen LogP contribution is -2.09.